The molecule has 1 N–H and O–H groups in total. The Balaban J connectivity index is 1.46. The van der Waals surface area contributed by atoms with Gasteiger partial charge in [0.1, 0.15) is 17.3 Å². The Labute approximate surface area is 163 Å². The Morgan fingerprint density at radius 1 is 1.39 bits per heavy atom. The minimum atomic E-state index is -0.499. The van der Waals surface area contributed by atoms with E-state index >= 15 is 0 Å². The van der Waals surface area contributed by atoms with Crippen molar-refractivity contribution in [1.29, 1.82) is 0 Å². The van der Waals surface area contributed by atoms with Gasteiger partial charge < -0.3 is 24.0 Å². The van der Waals surface area contributed by atoms with E-state index in [1.165, 1.54) is 0 Å². The van der Waals surface area contributed by atoms with Gasteiger partial charge in [-0.15, -0.1) is 0 Å². The summed E-state index contributed by atoms with van der Waals surface area (Å²) in [5.41, 5.74) is 1.92. The lowest BCUT2D eigenvalue weighted by Crippen LogP contribution is -2.42. The average Bonchev–Trinajstić information content (AvgIpc) is 3.35. The van der Waals surface area contributed by atoms with Crippen molar-refractivity contribution in [2.75, 3.05) is 33.4 Å². The Morgan fingerprint density at radius 2 is 2.25 bits per heavy atom. The molecule has 0 saturated carbocycles. The molecule has 28 heavy (non-hydrogen) atoms. The van der Waals surface area contributed by atoms with Crippen molar-refractivity contribution in [1.82, 2.24) is 10.1 Å². The van der Waals surface area contributed by atoms with Crippen molar-refractivity contribution in [3.05, 3.63) is 40.8 Å². The van der Waals surface area contributed by atoms with Crippen molar-refractivity contribution in [2.45, 2.75) is 31.6 Å². The predicted octanol–water partition coefficient (Wildman–Crippen LogP) is 2.17. The summed E-state index contributed by atoms with van der Waals surface area (Å²) in [4.78, 5) is 15.1. The summed E-state index contributed by atoms with van der Waals surface area (Å²) in [5, 5.41) is 14.3. The fraction of sp³-hybridized carbons (Fsp3) is 0.524. The molecule has 2 aliphatic heterocycles. The van der Waals surface area contributed by atoms with Gasteiger partial charge in [-0.3, -0.25) is 4.79 Å². The number of hydrogen-bond donors (Lipinski definition) is 1. The summed E-state index contributed by atoms with van der Waals surface area (Å²) in [5.74, 6) is 2.25. The van der Waals surface area contributed by atoms with Crippen molar-refractivity contribution in [2.24, 2.45) is 5.41 Å². The number of aromatic nitrogens is 1. The highest BCUT2D eigenvalue weighted by molar-refractivity contribution is 5.94. The normalized spacial score (nSPS) is 25.5. The molecule has 0 bridgehead atoms. The number of rotatable bonds is 3. The van der Waals surface area contributed by atoms with Crippen LogP contribution in [0, 0.1) is 5.41 Å². The lowest BCUT2D eigenvalue weighted by Gasteiger charge is -2.37. The highest BCUT2D eigenvalue weighted by Gasteiger charge is 2.52. The van der Waals surface area contributed by atoms with Crippen LogP contribution in [-0.2, 0) is 12.8 Å². The molecule has 1 aromatic heterocycles. The molecule has 1 amide bonds. The zero-order valence-electron chi connectivity index (χ0n) is 15.9. The number of benzene rings is 1. The standard InChI is InChI=1S/C21H24N2O5/c1-26-13-6-7-14-16-9-23(10-21(16,11-24)12-27-18(14)8-13)20(25)19-15-4-2-3-5-17(15)28-22-19/h6-8,16,24H,2-5,9-12H2,1H3/t16-,21-/m1/s1. The van der Waals surface area contributed by atoms with Crippen LogP contribution < -0.4 is 9.47 Å². The summed E-state index contributed by atoms with van der Waals surface area (Å²) in [6.45, 7) is 1.31. The third-order valence-electron chi connectivity index (χ3n) is 6.51. The third-order valence-corrected chi connectivity index (χ3v) is 6.51. The Morgan fingerprint density at radius 3 is 3.07 bits per heavy atom. The maximum absolute atomic E-state index is 13.3. The number of nitrogens with zero attached hydrogens (tertiary/aromatic N) is 2. The number of hydrogen-bond acceptors (Lipinski definition) is 6. The number of amides is 1. The molecule has 0 unspecified atom stereocenters. The molecule has 1 fully saturated rings. The molecule has 5 rings (SSSR count). The van der Waals surface area contributed by atoms with Crippen molar-refractivity contribution in [3.63, 3.8) is 0 Å². The first-order chi connectivity index (χ1) is 13.6. The molecule has 7 heteroatoms. The van der Waals surface area contributed by atoms with Gasteiger partial charge in [0.25, 0.3) is 5.91 Å². The zero-order chi connectivity index (χ0) is 19.3. The zero-order valence-corrected chi connectivity index (χ0v) is 15.9. The highest BCUT2D eigenvalue weighted by Crippen LogP contribution is 2.50. The van der Waals surface area contributed by atoms with Crippen LogP contribution >= 0.6 is 0 Å². The summed E-state index contributed by atoms with van der Waals surface area (Å²) in [6, 6.07) is 5.75. The van der Waals surface area contributed by atoms with E-state index in [9.17, 15) is 9.90 Å². The minimum absolute atomic E-state index is 0.0128. The lowest BCUT2D eigenvalue weighted by atomic mass is 9.74. The fourth-order valence-corrected chi connectivity index (χ4v) is 4.88. The van der Waals surface area contributed by atoms with Gasteiger partial charge in [-0.05, 0) is 25.3 Å². The van der Waals surface area contributed by atoms with E-state index in [0.717, 1.165) is 54.1 Å². The van der Waals surface area contributed by atoms with Gasteiger partial charge in [0.2, 0.25) is 0 Å². The molecule has 1 saturated heterocycles. The molecule has 0 spiro atoms. The van der Waals surface area contributed by atoms with Gasteiger partial charge in [0.15, 0.2) is 5.69 Å². The lowest BCUT2D eigenvalue weighted by molar-refractivity contribution is 0.0437. The molecule has 7 nitrogen and oxygen atoms in total. The van der Waals surface area contributed by atoms with Crippen molar-refractivity contribution < 1.29 is 23.9 Å². The number of likely N-dealkylation sites (tertiary alicyclic amines) is 1. The predicted molar refractivity (Wildman–Crippen MR) is 99.8 cm³/mol. The van der Waals surface area contributed by atoms with E-state index in [1.54, 1.807) is 12.0 Å². The number of fused-ring (bicyclic) bond motifs is 4. The van der Waals surface area contributed by atoms with Gasteiger partial charge >= 0.3 is 0 Å². The Bertz CT molecular complexity index is 924. The number of methoxy groups -OCH3 is 1. The molecule has 1 aromatic carbocycles. The third kappa shape index (κ3) is 2.53. The van der Waals surface area contributed by atoms with E-state index in [4.69, 9.17) is 14.0 Å². The van der Waals surface area contributed by atoms with E-state index in [1.807, 2.05) is 18.2 Å². The number of aliphatic hydroxyl groups excluding tert-OH is 1. The van der Waals surface area contributed by atoms with Gasteiger partial charge in [0.05, 0.1) is 25.7 Å². The van der Waals surface area contributed by atoms with E-state index in [2.05, 4.69) is 5.16 Å². The molecule has 1 aliphatic carbocycles. The smallest absolute Gasteiger partial charge is 0.276 e. The molecule has 3 heterocycles. The monoisotopic (exact) mass is 384 g/mol. The highest BCUT2D eigenvalue weighted by atomic mass is 16.5. The molecule has 148 valence electrons. The number of carbonyl (C=O) groups is 1. The summed E-state index contributed by atoms with van der Waals surface area (Å²) >= 11 is 0. The van der Waals surface area contributed by atoms with Crippen LogP contribution in [0.25, 0.3) is 0 Å². The second kappa shape index (κ2) is 6.51. The number of ether oxygens (including phenoxy) is 2. The van der Waals surface area contributed by atoms with Gasteiger partial charge in [-0.2, -0.15) is 0 Å². The van der Waals surface area contributed by atoms with Crippen LogP contribution in [0.4, 0.5) is 0 Å². The quantitative estimate of drug-likeness (QED) is 0.873. The Kier molecular flexibility index (Phi) is 4.08. The topological polar surface area (TPSA) is 85.0 Å². The number of aryl methyl sites for hydroxylation is 1. The van der Waals surface area contributed by atoms with Gasteiger partial charge in [-0.25, -0.2) is 0 Å². The van der Waals surface area contributed by atoms with Crippen LogP contribution in [0.5, 0.6) is 11.5 Å². The summed E-state index contributed by atoms with van der Waals surface area (Å²) in [6.07, 6.45) is 3.82. The number of carbonyl (C=O) groups excluding carboxylic acids is 1. The van der Waals surface area contributed by atoms with E-state index in [-0.39, 0.29) is 18.4 Å². The van der Waals surface area contributed by atoms with Crippen LogP contribution in [0.15, 0.2) is 22.7 Å². The summed E-state index contributed by atoms with van der Waals surface area (Å²) in [7, 11) is 1.62. The minimum Gasteiger partial charge on any atom is -0.497 e. The molecule has 2 aromatic rings. The maximum atomic E-state index is 13.3. The largest absolute Gasteiger partial charge is 0.497 e. The molecular formula is C21H24N2O5. The SMILES string of the molecule is COc1ccc2c(c1)OC[C@]1(CO)CN(C(=O)c3noc4c3CCCC4)C[C@H]21. The van der Waals surface area contributed by atoms with E-state index in [0.29, 0.717) is 25.4 Å². The molecule has 2 atom stereocenters. The first-order valence-electron chi connectivity index (χ1n) is 9.83. The van der Waals surface area contributed by atoms with Crippen molar-refractivity contribution >= 4 is 5.91 Å². The molecule has 0 radical (unpaired) electrons. The second-order valence-corrected chi connectivity index (χ2v) is 8.09. The van der Waals surface area contributed by atoms with Crippen LogP contribution in [0.2, 0.25) is 0 Å². The molecule has 3 aliphatic rings. The average molecular weight is 384 g/mol. The first-order valence-corrected chi connectivity index (χ1v) is 9.83. The van der Waals surface area contributed by atoms with Crippen LogP contribution in [0.3, 0.4) is 0 Å². The van der Waals surface area contributed by atoms with Crippen LogP contribution in [-0.4, -0.2) is 54.5 Å². The van der Waals surface area contributed by atoms with Crippen LogP contribution in [0.1, 0.15) is 46.1 Å². The fourth-order valence-electron chi connectivity index (χ4n) is 4.88. The first kappa shape index (κ1) is 17.6. The molecular weight excluding hydrogens is 360 g/mol. The van der Waals surface area contributed by atoms with Gasteiger partial charge in [0, 0.05) is 42.6 Å². The number of aliphatic hydroxyl groups is 1. The Hall–Kier alpha value is -2.54. The van der Waals surface area contributed by atoms with Crippen molar-refractivity contribution in [3.8, 4) is 11.5 Å². The maximum Gasteiger partial charge on any atom is 0.276 e. The van der Waals surface area contributed by atoms with Gasteiger partial charge in [-0.1, -0.05) is 11.2 Å². The summed E-state index contributed by atoms with van der Waals surface area (Å²) < 4.78 is 16.7. The second-order valence-electron chi connectivity index (χ2n) is 8.09. The van der Waals surface area contributed by atoms with E-state index < -0.39 is 5.41 Å².